The Morgan fingerprint density at radius 1 is 1.32 bits per heavy atom. The molecule has 5 atom stereocenters. The van der Waals surface area contributed by atoms with E-state index in [1.54, 1.807) is 6.07 Å². The summed E-state index contributed by atoms with van der Waals surface area (Å²) in [5, 5.41) is 8.72. The van der Waals surface area contributed by atoms with E-state index in [0.29, 0.717) is 11.5 Å². The molecule has 34 heavy (non-hydrogen) atoms. The smallest absolute Gasteiger partial charge is 0.384 e. The summed E-state index contributed by atoms with van der Waals surface area (Å²) < 4.78 is 59.0. The van der Waals surface area contributed by atoms with E-state index >= 15 is 0 Å². The highest BCUT2D eigenvalue weighted by Gasteiger charge is 2.61. The van der Waals surface area contributed by atoms with Crippen LogP contribution in [-0.2, 0) is 4.74 Å². The second-order valence-electron chi connectivity index (χ2n) is 10.8. The molecule has 2 saturated carbocycles. The van der Waals surface area contributed by atoms with Gasteiger partial charge in [-0.05, 0) is 53.7 Å². The van der Waals surface area contributed by atoms with E-state index < -0.39 is 36.3 Å². The number of alkyl halides is 3. The third-order valence-electron chi connectivity index (χ3n) is 8.79. The molecular weight excluding hydrogens is 450 g/mol. The molecule has 0 saturated heterocycles. The van der Waals surface area contributed by atoms with Gasteiger partial charge in [-0.15, -0.1) is 0 Å². The Morgan fingerprint density at radius 2 is 2.06 bits per heavy atom. The highest BCUT2D eigenvalue weighted by Crippen LogP contribution is 2.65. The van der Waals surface area contributed by atoms with E-state index in [1.165, 1.54) is 30.3 Å². The number of urea groups is 1. The summed E-state index contributed by atoms with van der Waals surface area (Å²) in [5.41, 5.74) is 0.742. The fourth-order valence-electron chi connectivity index (χ4n) is 6.39. The number of halogens is 4. The Bertz CT molecular complexity index is 964. The molecule has 9 heteroatoms. The van der Waals surface area contributed by atoms with E-state index in [1.807, 2.05) is 0 Å². The molecule has 1 aromatic carbocycles. The third kappa shape index (κ3) is 4.43. The first-order valence-electron chi connectivity index (χ1n) is 11.8. The standard InChI is InChI=1S/C25H33F4N3O2/c1-23(2)17-8-9-24(23,3)20(11-17)30-22(33)32-13-19(15-6-5-7-18(26)10-15)21(31-32)16(14-34-4)12-25(27,28)29/h5-7,10,16-17,19-20H,8-9,11-14H2,1-4H3,(H,30,33)/t16?,17?,19?,20-,24?/m0/s1. The number of hydrogen-bond acceptors (Lipinski definition) is 3. The van der Waals surface area contributed by atoms with Gasteiger partial charge in [-0.25, -0.2) is 14.2 Å². The normalized spacial score (nSPS) is 31.0. The van der Waals surface area contributed by atoms with E-state index in [4.69, 9.17) is 4.74 Å². The minimum absolute atomic E-state index is 0.0226. The molecule has 0 spiro atoms. The van der Waals surface area contributed by atoms with Crippen LogP contribution < -0.4 is 5.32 Å². The van der Waals surface area contributed by atoms with Gasteiger partial charge >= 0.3 is 12.2 Å². The Kier molecular flexibility index (Phi) is 6.46. The van der Waals surface area contributed by atoms with Gasteiger partial charge in [-0.3, -0.25) is 0 Å². The van der Waals surface area contributed by atoms with Crippen molar-refractivity contribution in [3.05, 3.63) is 35.6 Å². The lowest BCUT2D eigenvalue weighted by atomic mass is 9.69. The number of amides is 2. The molecule has 1 aromatic rings. The third-order valence-corrected chi connectivity index (χ3v) is 8.79. The zero-order chi connectivity index (χ0) is 24.9. The number of hydrazone groups is 1. The van der Waals surface area contributed by atoms with Crippen LogP contribution in [0.5, 0.6) is 0 Å². The summed E-state index contributed by atoms with van der Waals surface area (Å²) >= 11 is 0. The van der Waals surface area contributed by atoms with Gasteiger partial charge < -0.3 is 10.1 Å². The zero-order valence-electron chi connectivity index (χ0n) is 20.1. The molecule has 0 radical (unpaired) electrons. The lowest BCUT2D eigenvalue weighted by molar-refractivity contribution is -0.142. The number of rotatable bonds is 6. The number of fused-ring (bicyclic) bond motifs is 2. The van der Waals surface area contributed by atoms with Crippen LogP contribution in [0.3, 0.4) is 0 Å². The van der Waals surface area contributed by atoms with Crippen molar-refractivity contribution in [1.82, 2.24) is 10.3 Å². The number of methoxy groups -OCH3 is 1. The van der Waals surface area contributed by atoms with Crippen molar-refractivity contribution in [3.63, 3.8) is 0 Å². The number of nitrogens with one attached hydrogen (secondary N) is 1. The van der Waals surface area contributed by atoms with Crippen molar-refractivity contribution in [2.45, 2.75) is 64.6 Å². The van der Waals surface area contributed by atoms with E-state index in [-0.39, 0.29) is 35.7 Å². The molecule has 4 unspecified atom stereocenters. The monoisotopic (exact) mass is 483 g/mol. The zero-order valence-corrected chi connectivity index (χ0v) is 20.1. The highest BCUT2D eigenvalue weighted by molar-refractivity contribution is 5.96. The summed E-state index contributed by atoms with van der Waals surface area (Å²) in [5.74, 6) is -1.68. The molecule has 5 nitrogen and oxygen atoms in total. The van der Waals surface area contributed by atoms with Gasteiger partial charge in [-0.1, -0.05) is 32.9 Å². The van der Waals surface area contributed by atoms with Crippen molar-refractivity contribution in [1.29, 1.82) is 0 Å². The average molecular weight is 484 g/mol. The van der Waals surface area contributed by atoms with Gasteiger partial charge in [0.15, 0.2) is 0 Å². The maximum atomic E-state index is 14.0. The number of nitrogens with zero attached hydrogens (tertiary/aromatic N) is 2. The van der Waals surface area contributed by atoms with Gasteiger partial charge in [0.1, 0.15) is 5.82 Å². The maximum Gasteiger partial charge on any atom is 0.389 e. The molecular formula is C25H33F4N3O2. The van der Waals surface area contributed by atoms with Crippen LogP contribution in [0.2, 0.25) is 0 Å². The van der Waals surface area contributed by atoms with Gasteiger partial charge in [0.25, 0.3) is 0 Å². The van der Waals surface area contributed by atoms with Crippen LogP contribution in [0.1, 0.15) is 57.9 Å². The van der Waals surface area contributed by atoms with E-state index in [0.717, 1.165) is 19.3 Å². The molecule has 2 aliphatic carbocycles. The van der Waals surface area contributed by atoms with Crippen LogP contribution in [0, 0.1) is 28.5 Å². The molecule has 2 amide bonds. The van der Waals surface area contributed by atoms with Crippen LogP contribution in [0.15, 0.2) is 29.4 Å². The fourth-order valence-corrected chi connectivity index (χ4v) is 6.39. The number of carbonyl (C=O) groups excluding carboxylic acids is 1. The first-order chi connectivity index (χ1) is 15.9. The van der Waals surface area contributed by atoms with Crippen molar-refractivity contribution in [3.8, 4) is 0 Å². The van der Waals surface area contributed by atoms with Gasteiger partial charge in [0.2, 0.25) is 0 Å². The Morgan fingerprint density at radius 3 is 2.62 bits per heavy atom. The van der Waals surface area contributed by atoms with Crippen molar-refractivity contribution >= 4 is 11.7 Å². The van der Waals surface area contributed by atoms with Crippen molar-refractivity contribution in [2.75, 3.05) is 20.3 Å². The number of benzene rings is 1. The molecule has 3 aliphatic rings. The summed E-state index contributed by atoms with van der Waals surface area (Å²) in [6.07, 6.45) is -2.51. The van der Waals surface area contributed by atoms with Crippen molar-refractivity contribution < 1.29 is 27.1 Å². The maximum absolute atomic E-state index is 14.0. The van der Waals surface area contributed by atoms with Crippen LogP contribution >= 0.6 is 0 Å². The second-order valence-corrected chi connectivity index (χ2v) is 10.8. The summed E-state index contributed by atoms with van der Waals surface area (Å²) in [6.45, 7) is 6.55. The Balaban J connectivity index is 1.59. The molecule has 1 aliphatic heterocycles. The summed E-state index contributed by atoms with van der Waals surface area (Å²) in [4.78, 5) is 13.3. The summed E-state index contributed by atoms with van der Waals surface area (Å²) in [6, 6.07) is 5.29. The second kappa shape index (κ2) is 8.81. The molecule has 2 bridgehead atoms. The average Bonchev–Trinajstić information content (AvgIpc) is 3.33. The topological polar surface area (TPSA) is 53.9 Å². The minimum Gasteiger partial charge on any atom is -0.384 e. The Hall–Kier alpha value is -2.16. The van der Waals surface area contributed by atoms with Crippen LogP contribution in [0.25, 0.3) is 0 Å². The molecule has 2 fully saturated rings. The first-order valence-corrected chi connectivity index (χ1v) is 11.8. The largest absolute Gasteiger partial charge is 0.389 e. The van der Waals surface area contributed by atoms with Crippen molar-refractivity contribution in [2.24, 2.45) is 27.8 Å². The molecule has 188 valence electrons. The number of carbonyl (C=O) groups is 1. The lowest BCUT2D eigenvalue weighted by Crippen LogP contribution is -2.50. The Labute approximate surface area is 197 Å². The predicted molar refractivity (Wildman–Crippen MR) is 121 cm³/mol. The SMILES string of the molecule is COCC(CC(F)(F)F)C1=NN(C(=O)N[C@H]2CC3CCC2(C)C3(C)C)CC1c1cccc(F)c1. The molecule has 1 heterocycles. The van der Waals surface area contributed by atoms with E-state index in [9.17, 15) is 22.4 Å². The lowest BCUT2D eigenvalue weighted by Gasteiger charge is -2.39. The van der Waals surface area contributed by atoms with Gasteiger partial charge in [0.05, 0.1) is 25.3 Å². The molecule has 0 aromatic heterocycles. The molecule has 4 rings (SSSR count). The van der Waals surface area contributed by atoms with Crippen LogP contribution in [-0.4, -0.2) is 49.2 Å². The first kappa shape index (κ1) is 24.9. The predicted octanol–water partition coefficient (Wildman–Crippen LogP) is 5.72. The van der Waals surface area contributed by atoms with Crippen LogP contribution in [0.4, 0.5) is 22.4 Å². The minimum atomic E-state index is -4.43. The fraction of sp³-hybridized carbons (Fsp3) is 0.680. The van der Waals surface area contributed by atoms with Gasteiger partial charge in [0, 0.05) is 25.0 Å². The quantitative estimate of drug-likeness (QED) is 0.526. The number of hydrogen-bond donors (Lipinski definition) is 1. The summed E-state index contributed by atoms with van der Waals surface area (Å²) in [7, 11) is 1.33. The van der Waals surface area contributed by atoms with Gasteiger partial charge in [-0.2, -0.15) is 18.3 Å². The molecule has 1 N–H and O–H groups in total. The highest BCUT2D eigenvalue weighted by atomic mass is 19.4. The number of ether oxygens (including phenoxy) is 1. The van der Waals surface area contributed by atoms with E-state index in [2.05, 4.69) is 31.2 Å².